The molecule has 4 nitrogen and oxygen atoms in total. The highest BCUT2D eigenvalue weighted by Crippen LogP contribution is 2.28. The third kappa shape index (κ3) is 2.86. The number of likely N-dealkylation sites (N-methyl/N-ethyl adjacent to an activating group) is 1. The quantitative estimate of drug-likeness (QED) is 0.838. The van der Waals surface area contributed by atoms with E-state index in [0.717, 1.165) is 25.4 Å². The van der Waals surface area contributed by atoms with Crippen molar-refractivity contribution >= 4 is 0 Å². The maximum Gasteiger partial charge on any atom is 0.328 e. The summed E-state index contributed by atoms with van der Waals surface area (Å²) in [6.07, 6.45) is 10.1. The van der Waals surface area contributed by atoms with Crippen LogP contribution in [-0.4, -0.2) is 22.2 Å². The van der Waals surface area contributed by atoms with Gasteiger partial charge >= 0.3 is 5.69 Å². The van der Waals surface area contributed by atoms with Crippen LogP contribution >= 0.6 is 0 Å². The number of aryl methyl sites for hydroxylation is 1. The molecule has 1 unspecified atom stereocenters. The van der Waals surface area contributed by atoms with Crippen molar-refractivity contribution in [1.82, 2.24) is 14.5 Å². The first-order valence-corrected chi connectivity index (χ1v) is 7.19. The maximum absolute atomic E-state index is 12.1. The molecule has 102 valence electrons. The molecular weight excluding hydrogens is 226 g/mol. The Bertz CT molecular complexity index is 415. The van der Waals surface area contributed by atoms with Crippen LogP contribution in [0.1, 0.15) is 39.0 Å². The average molecular weight is 251 g/mol. The third-order valence-electron chi connectivity index (χ3n) is 4.12. The second-order valence-corrected chi connectivity index (χ2v) is 5.37. The highest BCUT2D eigenvalue weighted by atomic mass is 16.1. The maximum atomic E-state index is 12.1. The Morgan fingerprint density at radius 1 is 1.33 bits per heavy atom. The lowest BCUT2D eigenvalue weighted by molar-refractivity contribution is 0.335. The highest BCUT2D eigenvalue weighted by Gasteiger charge is 2.24. The summed E-state index contributed by atoms with van der Waals surface area (Å²) in [4.78, 5) is 12.1. The van der Waals surface area contributed by atoms with E-state index in [1.54, 1.807) is 4.57 Å². The van der Waals surface area contributed by atoms with Gasteiger partial charge in [0, 0.05) is 31.5 Å². The van der Waals surface area contributed by atoms with Gasteiger partial charge in [-0.05, 0) is 32.2 Å². The minimum atomic E-state index is 0.134. The van der Waals surface area contributed by atoms with Gasteiger partial charge in [-0.1, -0.05) is 19.8 Å². The molecule has 0 amide bonds. The fourth-order valence-corrected chi connectivity index (χ4v) is 3.05. The summed E-state index contributed by atoms with van der Waals surface area (Å²) in [7, 11) is 2.01. The lowest BCUT2D eigenvalue weighted by Gasteiger charge is -2.22. The summed E-state index contributed by atoms with van der Waals surface area (Å²) in [5, 5.41) is 3.39. The second kappa shape index (κ2) is 6.23. The molecule has 1 atom stereocenters. The van der Waals surface area contributed by atoms with Crippen LogP contribution in [0.5, 0.6) is 0 Å². The molecule has 1 aliphatic carbocycles. The molecule has 1 aromatic rings. The zero-order chi connectivity index (χ0) is 13.0. The number of hydrogen-bond acceptors (Lipinski definition) is 2. The molecule has 4 heteroatoms. The summed E-state index contributed by atoms with van der Waals surface area (Å²) in [6, 6.07) is 0.433. The number of imidazole rings is 1. The highest BCUT2D eigenvalue weighted by molar-refractivity contribution is 4.86. The van der Waals surface area contributed by atoms with Crippen molar-refractivity contribution in [2.45, 2.75) is 58.2 Å². The molecule has 1 aliphatic rings. The second-order valence-electron chi connectivity index (χ2n) is 5.37. The molecule has 18 heavy (non-hydrogen) atoms. The van der Waals surface area contributed by atoms with Crippen molar-refractivity contribution in [3.05, 3.63) is 22.9 Å². The van der Waals surface area contributed by atoms with Gasteiger partial charge in [-0.25, -0.2) is 4.79 Å². The van der Waals surface area contributed by atoms with Gasteiger partial charge in [0.25, 0.3) is 0 Å². The van der Waals surface area contributed by atoms with Crippen LogP contribution in [0.3, 0.4) is 0 Å². The van der Waals surface area contributed by atoms with Gasteiger partial charge in [-0.3, -0.25) is 9.13 Å². The number of rotatable bonds is 6. The number of nitrogens with zero attached hydrogens (tertiary/aromatic N) is 2. The normalized spacial score (nSPS) is 18.3. The summed E-state index contributed by atoms with van der Waals surface area (Å²) < 4.78 is 3.66. The largest absolute Gasteiger partial charge is 0.328 e. The lowest BCUT2D eigenvalue weighted by atomic mass is 9.98. The summed E-state index contributed by atoms with van der Waals surface area (Å²) >= 11 is 0. The van der Waals surface area contributed by atoms with E-state index >= 15 is 0 Å². The molecule has 2 rings (SSSR count). The van der Waals surface area contributed by atoms with Crippen LogP contribution in [0.2, 0.25) is 0 Å². The molecule has 0 bridgehead atoms. The molecule has 0 saturated heterocycles. The minimum absolute atomic E-state index is 0.134. The zero-order valence-corrected chi connectivity index (χ0v) is 11.6. The van der Waals surface area contributed by atoms with Gasteiger partial charge in [0.1, 0.15) is 0 Å². The first kappa shape index (κ1) is 13.4. The van der Waals surface area contributed by atoms with E-state index in [0.29, 0.717) is 6.04 Å². The van der Waals surface area contributed by atoms with E-state index in [1.807, 2.05) is 24.0 Å². The van der Waals surface area contributed by atoms with Gasteiger partial charge in [0.05, 0.1) is 0 Å². The fraction of sp³-hybridized carbons (Fsp3) is 0.786. The topological polar surface area (TPSA) is 39.0 Å². The first-order valence-electron chi connectivity index (χ1n) is 7.19. The smallest absolute Gasteiger partial charge is 0.315 e. The Balaban J connectivity index is 2.04. The Morgan fingerprint density at radius 3 is 2.61 bits per heavy atom. The Labute approximate surface area is 109 Å². The van der Waals surface area contributed by atoms with Crippen molar-refractivity contribution in [3.8, 4) is 0 Å². The monoisotopic (exact) mass is 251 g/mol. The predicted molar refractivity (Wildman–Crippen MR) is 73.8 cm³/mol. The van der Waals surface area contributed by atoms with Gasteiger partial charge in [-0.2, -0.15) is 0 Å². The van der Waals surface area contributed by atoms with Gasteiger partial charge in [0.15, 0.2) is 0 Å². The molecule has 1 aromatic heterocycles. The van der Waals surface area contributed by atoms with Crippen LogP contribution < -0.4 is 11.0 Å². The molecule has 0 spiro atoms. The fourth-order valence-electron chi connectivity index (χ4n) is 3.05. The van der Waals surface area contributed by atoms with E-state index in [9.17, 15) is 4.79 Å². The van der Waals surface area contributed by atoms with Crippen molar-refractivity contribution < 1.29 is 0 Å². The average Bonchev–Trinajstić information content (AvgIpc) is 3.00. The van der Waals surface area contributed by atoms with Crippen molar-refractivity contribution in [3.63, 3.8) is 0 Å². The number of nitrogens with one attached hydrogen (secondary N) is 1. The SMILES string of the molecule is CCCn1ccn(CC(NC)C2CCCC2)c1=O. The third-order valence-corrected chi connectivity index (χ3v) is 4.12. The number of hydrogen-bond donors (Lipinski definition) is 1. The van der Waals surface area contributed by atoms with E-state index in [-0.39, 0.29) is 5.69 Å². The first-order chi connectivity index (χ1) is 8.76. The van der Waals surface area contributed by atoms with Gasteiger partial charge in [0.2, 0.25) is 0 Å². The van der Waals surface area contributed by atoms with Crippen LogP contribution in [0, 0.1) is 5.92 Å². The van der Waals surface area contributed by atoms with E-state index in [4.69, 9.17) is 0 Å². The zero-order valence-electron chi connectivity index (χ0n) is 11.6. The molecule has 0 aliphatic heterocycles. The van der Waals surface area contributed by atoms with E-state index in [2.05, 4.69) is 12.2 Å². The Morgan fingerprint density at radius 2 is 2.00 bits per heavy atom. The lowest BCUT2D eigenvalue weighted by Crippen LogP contribution is -2.39. The number of aromatic nitrogens is 2. The van der Waals surface area contributed by atoms with Crippen molar-refractivity contribution in [2.75, 3.05) is 7.05 Å². The summed E-state index contributed by atoms with van der Waals surface area (Å²) in [6.45, 7) is 3.72. The standard InChI is InChI=1S/C14H25N3O/c1-3-8-16-9-10-17(14(16)18)11-13(15-2)12-6-4-5-7-12/h9-10,12-13,15H,3-8,11H2,1-2H3. The van der Waals surface area contributed by atoms with E-state index < -0.39 is 0 Å². The summed E-state index contributed by atoms with van der Waals surface area (Å²) in [5.74, 6) is 0.733. The molecule has 0 aromatic carbocycles. The van der Waals surface area contributed by atoms with Crippen LogP contribution in [0.4, 0.5) is 0 Å². The van der Waals surface area contributed by atoms with Crippen LogP contribution in [0.25, 0.3) is 0 Å². The van der Waals surface area contributed by atoms with Crippen LogP contribution in [-0.2, 0) is 13.1 Å². The molecule has 1 heterocycles. The molecular formula is C14H25N3O. The van der Waals surface area contributed by atoms with E-state index in [1.165, 1.54) is 25.7 Å². The molecule has 1 N–H and O–H groups in total. The minimum Gasteiger partial charge on any atom is -0.315 e. The molecule has 0 radical (unpaired) electrons. The van der Waals surface area contributed by atoms with Crippen molar-refractivity contribution in [2.24, 2.45) is 5.92 Å². The van der Waals surface area contributed by atoms with Gasteiger partial charge < -0.3 is 5.32 Å². The predicted octanol–water partition coefficient (Wildman–Crippen LogP) is 1.84. The Kier molecular flexibility index (Phi) is 4.64. The molecule has 1 fully saturated rings. The van der Waals surface area contributed by atoms with Crippen molar-refractivity contribution in [1.29, 1.82) is 0 Å². The van der Waals surface area contributed by atoms with Gasteiger partial charge in [-0.15, -0.1) is 0 Å². The molecule has 1 saturated carbocycles. The Hall–Kier alpha value is -1.03. The summed E-state index contributed by atoms with van der Waals surface area (Å²) in [5.41, 5.74) is 0.134. The van der Waals surface area contributed by atoms with Crippen LogP contribution in [0.15, 0.2) is 17.2 Å².